The average Bonchev–Trinajstić information content (AvgIpc) is 2.38. The zero-order valence-corrected chi connectivity index (χ0v) is 13.5. The highest BCUT2D eigenvalue weighted by Crippen LogP contribution is 2.34. The number of hydrogen-bond donors (Lipinski definition) is 1. The van der Waals surface area contributed by atoms with E-state index in [0.717, 1.165) is 46.0 Å². The van der Waals surface area contributed by atoms with Crippen LogP contribution in [-0.4, -0.2) is 18.1 Å². The molecule has 1 aromatic heterocycles. The maximum Gasteiger partial charge on any atom is 0.0956 e. The van der Waals surface area contributed by atoms with Crippen LogP contribution in [0, 0.1) is 11.8 Å². The van der Waals surface area contributed by atoms with E-state index in [2.05, 4.69) is 51.8 Å². The fourth-order valence-corrected chi connectivity index (χ4v) is 3.65. The first-order valence-corrected chi connectivity index (χ1v) is 7.92. The number of nitrogens with zero attached hydrogens (tertiary/aromatic N) is 2. The molecule has 0 saturated carbocycles. The highest BCUT2D eigenvalue weighted by molar-refractivity contribution is 9.10. The molecule has 1 fully saturated rings. The van der Waals surface area contributed by atoms with Crippen molar-refractivity contribution in [2.45, 2.75) is 20.3 Å². The van der Waals surface area contributed by atoms with Crippen molar-refractivity contribution in [2.75, 3.05) is 23.7 Å². The van der Waals surface area contributed by atoms with Crippen LogP contribution < -0.4 is 10.6 Å². The van der Waals surface area contributed by atoms with Gasteiger partial charge in [-0.2, -0.15) is 0 Å². The maximum absolute atomic E-state index is 6.10. The molecule has 1 saturated heterocycles. The Morgan fingerprint density at radius 1 is 1.25 bits per heavy atom. The van der Waals surface area contributed by atoms with Gasteiger partial charge in [-0.25, -0.2) is 0 Å². The molecular formula is C16H20BrN3. The minimum absolute atomic E-state index is 0.724. The van der Waals surface area contributed by atoms with Crippen molar-refractivity contribution in [1.82, 2.24) is 4.98 Å². The van der Waals surface area contributed by atoms with Crippen LogP contribution in [0.25, 0.3) is 10.9 Å². The SMILES string of the molecule is CC1CC(C)CN(c2ccc(N)c3cc(Br)cnc23)C1. The number of nitrogen functional groups attached to an aromatic ring is 1. The second-order valence-corrected chi connectivity index (χ2v) is 6.99. The molecule has 1 aliphatic rings. The van der Waals surface area contributed by atoms with Gasteiger partial charge < -0.3 is 10.6 Å². The highest BCUT2D eigenvalue weighted by Gasteiger charge is 2.23. The van der Waals surface area contributed by atoms with Crippen molar-refractivity contribution in [2.24, 2.45) is 11.8 Å². The lowest BCUT2D eigenvalue weighted by atomic mass is 9.91. The quantitative estimate of drug-likeness (QED) is 0.800. The van der Waals surface area contributed by atoms with Crippen LogP contribution in [0.2, 0.25) is 0 Å². The summed E-state index contributed by atoms with van der Waals surface area (Å²) >= 11 is 3.47. The van der Waals surface area contributed by atoms with Crippen molar-refractivity contribution >= 4 is 38.2 Å². The summed E-state index contributed by atoms with van der Waals surface area (Å²) in [5, 5.41) is 1.03. The molecule has 1 aromatic carbocycles. The van der Waals surface area contributed by atoms with E-state index in [1.54, 1.807) is 0 Å². The summed E-state index contributed by atoms with van der Waals surface area (Å²) in [6.07, 6.45) is 3.16. The van der Waals surface area contributed by atoms with Crippen LogP contribution in [0.4, 0.5) is 11.4 Å². The van der Waals surface area contributed by atoms with E-state index in [0.29, 0.717) is 0 Å². The normalized spacial score (nSPS) is 23.2. The molecule has 0 radical (unpaired) electrons. The molecule has 0 bridgehead atoms. The number of piperidine rings is 1. The molecule has 0 aliphatic carbocycles. The first-order valence-electron chi connectivity index (χ1n) is 7.13. The van der Waals surface area contributed by atoms with Gasteiger partial charge in [-0.15, -0.1) is 0 Å². The summed E-state index contributed by atoms with van der Waals surface area (Å²) < 4.78 is 0.967. The van der Waals surface area contributed by atoms with Gasteiger partial charge >= 0.3 is 0 Å². The number of fused-ring (bicyclic) bond motifs is 1. The molecule has 2 heterocycles. The minimum Gasteiger partial charge on any atom is -0.398 e. The third kappa shape index (κ3) is 2.49. The zero-order valence-electron chi connectivity index (χ0n) is 11.9. The number of halogens is 1. The van der Waals surface area contributed by atoms with Gasteiger partial charge in [0.2, 0.25) is 0 Å². The van der Waals surface area contributed by atoms with Crippen molar-refractivity contribution in [3.05, 3.63) is 28.9 Å². The predicted molar refractivity (Wildman–Crippen MR) is 89.0 cm³/mol. The van der Waals surface area contributed by atoms with Gasteiger partial charge in [0.1, 0.15) is 0 Å². The number of benzene rings is 1. The molecule has 0 spiro atoms. The Kier molecular flexibility index (Phi) is 3.59. The van der Waals surface area contributed by atoms with E-state index in [1.165, 1.54) is 12.1 Å². The van der Waals surface area contributed by atoms with E-state index in [-0.39, 0.29) is 0 Å². The molecule has 0 amide bonds. The molecular weight excluding hydrogens is 314 g/mol. The summed E-state index contributed by atoms with van der Waals surface area (Å²) in [5.41, 5.74) is 9.10. The number of rotatable bonds is 1. The van der Waals surface area contributed by atoms with E-state index in [9.17, 15) is 0 Å². The first-order chi connectivity index (χ1) is 9.54. The largest absolute Gasteiger partial charge is 0.398 e. The monoisotopic (exact) mass is 333 g/mol. The van der Waals surface area contributed by atoms with Gasteiger partial charge in [-0.05, 0) is 52.4 Å². The number of pyridine rings is 1. The minimum atomic E-state index is 0.724. The lowest BCUT2D eigenvalue weighted by molar-refractivity contribution is 0.357. The molecule has 1 aliphatic heterocycles. The van der Waals surface area contributed by atoms with E-state index >= 15 is 0 Å². The first kappa shape index (κ1) is 13.7. The Morgan fingerprint density at radius 2 is 1.95 bits per heavy atom. The third-order valence-corrected chi connectivity index (χ3v) is 4.47. The summed E-state index contributed by atoms with van der Waals surface area (Å²) in [6, 6.07) is 6.16. The summed E-state index contributed by atoms with van der Waals surface area (Å²) in [7, 11) is 0. The number of nitrogens with two attached hydrogens (primary N) is 1. The van der Waals surface area contributed by atoms with Crippen molar-refractivity contribution in [3.8, 4) is 0 Å². The summed E-state index contributed by atoms with van der Waals surface area (Å²) in [6.45, 7) is 6.85. The van der Waals surface area contributed by atoms with E-state index in [1.807, 2.05) is 12.3 Å². The number of hydrogen-bond acceptors (Lipinski definition) is 3. The van der Waals surface area contributed by atoms with Crippen LogP contribution >= 0.6 is 15.9 Å². The second-order valence-electron chi connectivity index (χ2n) is 6.07. The topological polar surface area (TPSA) is 42.1 Å². The van der Waals surface area contributed by atoms with Gasteiger partial charge in [-0.1, -0.05) is 13.8 Å². The maximum atomic E-state index is 6.10. The third-order valence-electron chi connectivity index (χ3n) is 4.04. The van der Waals surface area contributed by atoms with Crippen molar-refractivity contribution in [1.29, 1.82) is 0 Å². The predicted octanol–water partition coefficient (Wildman–Crippen LogP) is 4.06. The standard InChI is InChI=1S/C16H20BrN3/c1-10-5-11(2)9-20(8-10)15-4-3-14(18)13-6-12(17)7-19-16(13)15/h3-4,6-7,10-11H,5,8-9,18H2,1-2H3. The van der Waals surface area contributed by atoms with Gasteiger partial charge in [-0.3, -0.25) is 4.98 Å². The lowest BCUT2D eigenvalue weighted by Crippen LogP contribution is -2.38. The van der Waals surface area contributed by atoms with Crippen LogP contribution in [0.3, 0.4) is 0 Å². The highest BCUT2D eigenvalue weighted by atomic mass is 79.9. The number of anilines is 2. The lowest BCUT2D eigenvalue weighted by Gasteiger charge is -2.37. The van der Waals surface area contributed by atoms with Gasteiger partial charge in [0, 0.05) is 34.8 Å². The number of aromatic nitrogens is 1. The average molecular weight is 334 g/mol. The van der Waals surface area contributed by atoms with Crippen molar-refractivity contribution < 1.29 is 0 Å². The Bertz CT molecular complexity index is 631. The van der Waals surface area contributed by atoms with Crippen LogP contribution in [0.15, 0.2) is 28.9 Å². The Labute approximate surface area is 128 Å². The molecule has 3 rings (SSSR count). The molecule has 2 N–H and O–H groups in total. The Hall–Kier alpha value is -1.29. The Morgan fingerprint density at radius 3 is 2.65 bits per heavy atom. The molecule has 2 unspecified atom stereocenters. The summed E-state index contributed by atoms with van der Waals surface area (Å²) in [4.78, 5) is 7.06. The van der Waals surface area contributed by atoms with Crippen LogP contribution in [0.1, 0.15) is 20.3 Å². The van der Waals surface area contributed by atoms with E-state index < -0.39 is 0 Å². The fourth-order valence-electron chi connectivity index (χ4n) is 3.32. The molecule has 3 nitrogen and oxygen atoms in total. The molecule has 2 atom stereocenters. The van der Waals surface area contributed by atoms with Crippen LogP contribution in [-0.2, 0) is 0 Å². The molecule has 2 aromatic rings. The molecule has 4 heteroatoms. The fraction of sp³-hybridized carbons (Fsp3) is 0.438. The zero-order chi connectivity index (χ0) is 14.3. The molecule has 106 valence electrons. The van der Waals surface area contributed by atoms with Gasteiger partial charge in [0.05, 0.1) is 11.2 Å². The van der Waals surface area contributed by atoms with Gasteiger partial charge in [0.15, 0.2) is 0 Å². The van der Waals surface area contributed by atoms with E-state index in [4.69, 9.17) is 5.73 Å². The molecule has 20 heavy (non-hydrogen) atoms. The van der Waals surface area contributed by atoms with Gasteiger partial charge in [0.25, 0.3) is 0 Å². The summed E-state index contributed by atoms with van der Waals surface area (Å²) in [5.74, 6) is 1.45. The van der Waals surface area contributed by atoms with Crippen LogP contribution in [0.5, 0.6) is 0 Å². The Balaban J connectivity index is 2.10. The second kappa shape index (κ2) is 5.24. The smallest absolute Gasteiger partial charge is 0.0956 e. The van der Waals surface area contributed by atoms with Crippen molar-refractivity contribution in [3.63, 3.8) is 0 Å².